The van der Waals surface area contributed by atoms with Gasteiger partial charge in [-0.3, -0.25) is 4.79 Å². The van der Waals surface area contributed by atoms with E-state index in [4.69, 9.17) is 0 Å². The maximum atomic E-state index is 10.3. The van der Waals surface area contributed by atoms with Crippen LogP contribution in [0.1, 0.15) is 25.3 Å². The molecule has 1 atom stereocenters. The zero-order valence-corrected chi connectivity index (χ0v) is 8.57. The molecule has 0 saturated carbocycles. The van der Waals surface area contributed by atoms with Crippen molar-refractivity contribution in [2.45, 2.75) is 32.2 Å². The fraction of sp³-hybridized carbons (Fsp3) is 0.417. The van der Waals surface area contributed by atoms with E-state index >= 15 is 0 Å². The highest BCUT2D eigenvalue weighted by molar-refractivity contribution is 5.46. The van der Waals surface area contributed by atoms with Gasteiger partial charge in [-0.1, -0.05) is 37.3 Å². The molecule has 14 heavy (non-hydrogen) atoms. The molecule has 2 heteroatoms. The minimum atomic E-state index is 0.313. The maximum absolute atomic E-state index is 10.3. The second kappa shape index (κ2) is 6.19. The molecule has 0 heterocycles. The summed E-state index contributed by atoms with van der Waals surface area (Å²) in [7, 11) is 0. The first-order valence-corrected chi connectivity index (χ1v) is 5.10. The number of nitrogens with one attached hydrogen (secondary N) is 1. The molecule has 76 valence electrons. The van der Waals surface area contributed by atoms with E-state index in [9.17, 15) is 4.79 Å². The van der Waals surface area contributed by atoms with E-state index in [1.165, 1.54) is 5.56 Å². The fourth-order valence-corrected chi connectivity index (χ4v) is 1.49. The second-order valence-corrected chi connectivity index (χ2v) is 3.41. The van der Waals surface area contributed by atoms with Crippen molar-refractivity contribution in [3.8, 4) is 0 Å². The number of benzene rings is 1. The van der Waals surface area contributed by atoms with Gasteiger partial charge in [-0.05, 0) is 24.8 Å². The lowest BCUT2D eigenvalue weighted by atomic mass is 10.0. The van der Waals surface area contributed by atoms with Crippen LogP contribution in [-0.2, 0) is 11.2 Å². The molecule has 0 bridgehead atoms. The van der Waals surface area contributed by atoms with Crippen molar-refractivity contribution in [3.05, 3.63) is 35.9 Å². The van der Waals surface area contributed by atoms with Crippen LogP contribution in [0.15, 0.2) is 30.3 Å². The summed E-state index contributed by atoms with van der Waals surface area (Å²) in [5.41, 5.74) is 1.33. The summed E-state index contributed by atoms with van der Waals surface area (Å²) in [4.78, 5) is 10.3. The number of amides is 1. The number of hydrogen-bond donors (Lipinski definition) is 1. The largest absolute Gasteiger partial charge is 0.356 e. The van der Waals surface area contributed by atoms with Crippen molar-refractivity contribution in [2.75, 3.05) is 0 Å². The SMILES string of the molecule is CCC(CCc1ccccc1)NC=O. The molecule has 0 aliphatic heterocycles. The Morgan fingerprint density at radius 1 is 1.36 bits per heavy atom. The molecule has 0 fully saturated rings. The predicted molar refractivity (Wildman–Crippen MR) is 58.0 cm³/mol. The third kappa shape index (κ3) is 3.60. The topological polar surface area (TPSA) is 29.1 Å². The minimum Gasteiger partial charge on any atom is -0.356 e. The molecular weight excluding hydrogens is 174 g/mol. The molecule has 2 nitrogen and oxygen atoms in total. The van der Waals surface area contributed by atoms with Gasteiger partial charge in [0, 0.05) is 6.04 Å². The van der Waals surface area contributed by atoms with Crippen LogP contribution in [-0.4, -0.2) is 12.5 Å². The zero-order valence-electron chi connectivity index (χ0n) is 8.57. The summed E-state index contributed by atoms with van der Waals surface area (Å²) in [5.74, 6) is 0. The summed E-state index contributed by atoms with van der Waals surface area (Å²) >= 11 is 0. The molecular formula is C12H17NO. The standard InChI is InChI=1S/C12H17NO/c1-2-12(13-10-14)9-8-11-6-4-3-5-7-11/h3-7,10,12H,2,8-9H2,1H3,(H,13,14). The summed E-state index contributed by atoms with van der Waals surface area (Å²) in [5, 5.41) is 2.82. The van der Waals surface area contributed by atoms with Crippen LogP contribution in [0.25, 0.3) is 0 Å². The van der Waals surface area contributed by atoms with Gasteiger partial charge >= 0.3 is 0 Å². The average Bonchev–Trinajstić information content (AvgIpc) is 2.25. The molecule has 0 aromatic heterocycles. The normalized spacial score (nSPS) is 12.1. The highest BCUT2D eigenvalue weighted by Gasteiger charge is 2.03. The molecule has 0 spiro atoms. The Balaban J connectivity index is 2.35. The summed E-state index contributed by atoms with van der Waals surface area (Å²) in [6.07, 6.45) is 3.82. The van der Waals surface area contributed by atoms with Gasteiger partial charge in [0.15, 0.2) is 0 Å². The molecule has 0 radical (unpaired) electrons. The van der Waals surface area contributed by atoms with E-state index in [0.717, 1.165) is 25.7 Å². The van der Waals surface area contributed by atoms with Crippen molar-refractivity contribution in [1.29, 1.82) is 0 Å². The summed E-state index contributed by atoms with van der Waals surface area (Å²) in [6, 6.07) is 10.7. The average molecular weight is 191 g/mol. The van der Waals surface area contributed by atoms with Crippen LogP contribution in [0.4, 0.5) is 0 Å². The lowest BCUT2D eigenvalue weighted by Crippen LogP contribution is -2.27. The Hall–Kier alpha value is -1.31. The van der Waals surface area contributed by atoms with Gasteiger partial charge in [-0.2, -0.15) is 0 Å². The number of hydrogen-bond acceptors (Lipinski definition) is 1. The van der Waals surface area contributed by atoms with Gasteiger partial charge in [0.1, 0.15) is 0 Å². The van der Waals surface area contributed by atoms with Gasteiger partial charge < -0.3 is 5.32 Å². The summed E-state index contributed by atoms with van der Waals surface area (Å²) in [6.45, 7) is 2.09. The van der Waals surface area contributed by atoms with Crippen LogP contribution >= 0.6 is 0 Å². The second-order valence-electron chi connectivity index (χ2n) is 3.41. The molecule has 1 unspecified atom stereocenters. The van der Waals surface area contributed by atoms with Crippen molar-refractivity contribution in [3.63, 3.8) is 0 Å². The smallest absolute Gasteiger partial charge is 0.207 e. The first kappa shape index (κ1) is 10.8. The molecule has 0 aliphatic rings. The van der Waals surface area contributed by atoms with Crippen LogP contribution in [0, 0.1) is 0 Å². The Morgan fingerprint density at radius 3 is 2.64 bits per heavy atom. The number of aryl methyl sites for hydroxylation is 1. The molecule has 1 aromatic carbocycles. The van der Waals surface area contributed by atoms with E-state index in [1.54, 1.807) is 0 Å². The third-order valence-electron chi connectivity index (χ3n) is 2.42. The monoisotopic (exact) mass is 191 g/mol. The Morgan fingerprint density at radius 2 is 2.07 bits per heavy atom. The molecule has 0 saturated heterocycles. The van der Waals surface area contributed by atoms with Crippen molar-refractivity contribution < 1.29 is 4.79 Å². The molecule has 1 rings (SSSR count). The highest BCUT2D eigenvalue weighted by atomic mass is 16.1. The van der Waals surface area contributed by atoms with Crippen LogP contribution in [0.2, 0.25) is 0 Å². The lowest BCUT2D eigenvalue weighted by Gasteiger charge is -2.13. The molecule has 1 N–H and O–H groups in total. The lowest BCUT2D eigenvalue weighted by molar-refractivity contribution is -0.110. The Bertz CT molecular complexity index is 258. The van der Waals surface area contributed by atoms with Crippen LogP contribution < -0.4 is 5.32 Å². The fourth-order valence-electron chi connectivity index (χ4n) is 1.49. The predicted octanol–water partition coefficient (Wildman–Crippen LogP) is 2.14. The first-order chi connectivity index (χ1) is 6.86. The maximum Gasteiger partial charge on any atom is 0.207 e. The number of carbonyl (C=O) groups is 1. The quantitative estimate of drug-likeness (QED) is 0.686. The molecule has 1 amide bonds. The Kier molecular flexibility index (Phi) is 4.76. The van der Waals surface area contributed by atoms with E-state index < -0.39 is 0 Å². The third-order valence-corrected chi connectivity index (χ3v) is 2.42. The zero-order chi connectivity index (χ0) is 10.2. The van der Waals surface area contributed by atoms with E-state index in [0.29, 0.717) is 6.04 Å². The van der Waals surface area contributed by atoms with E-state index in [-0.39, 0.29) is 0 Å². The van der Waals surface area contributed by atoms with E-state index in [1.807, 2.05) is 18.2 Å². The number of rotatable bonds is 6. The minimum absolute atomic E-state index is 0.313. The van der Waals surface area contributed by atoms with Crippen molar-refractivity contribution in [2.24, 2.45) is 0 Å². The van der Waals surface area contributed by atoms with Crippen molar-refractivity contribution >= 4 is 6.41 Å². The van der Waals surface area contributed by atoms with Gasteiger partial charge in [-0.25, -0.2) is 0 Å². The Labute approximate surface area is 85.3 Å². The van der Waals surface area contributed by atoms with Crippen molar-refractivity contribution in [1.82, 2.24) is 5.32 Å². The van der Waals surface area contributed by atoms with Gasteiger partial charge in [0.25, 0.3) is 0 Å². The number of carbonyl (C=O) groups excluding carboxylic acids is 1. The highest BCUT2D eigenvalue weighted by Crippen LogP contribution is 2.06. The summed E-state index contributed by atoms with van der Waals surface area (Å²) < 4.78 is 0. The van der Waals surface area contributed by atoms with Crippen LogP contribution in [0.5, 0.6) is 0 Å². The molecule has 0 aliphatic carbocycles. The van der Waals surface area contributed by atoms with E-state index in [2.05, 4.69) is 24.4 Å². The molecule has 1 aromatic rings. The van der Waals surface area contributed by atoms with Gasteiger partial charge in [-0.15, -0.1) is 0 Å². The van der Waals surface area contributed by atoms with Crippen LogP contribution in [0.3, 0.4) is 0 Å². The first-order valence-electron chi connectivity index (χ1n) is 5.10. The van der Waals surface area contributed by atoms with Gasteiger partial charge in [0.2, 0.25) is 6.41 Å². The van der Waals surface area contributed by atoms with Gasteiger partial charge in [0.05, 0.1) is 0 Å².